The monoisotopic (exact) mass is 325 g/mol. The number of amides is 2. The maximum atomic E-state index is 12.8. The van der Waals surface area contributed by atoms with Gasteiger partial charge in [-0.1, -0.05) is 13.8 Å². The molecule has 2 fully saturated rings. The highest BCUT2D eigenvalue weighted by atomic mass is 16.4. The summed E-state index contributed by atoms with van der Waals surface area (Å²) in [5, 5.41) is 9.24. The summed E-state index contributed by atoms with van der Waals surface area (Å²) in [4.78, 5) is 39.6. The van der Waals surface area contributed by atoms with Gasteiger partial charge < -0.3 is 20.6 Å². The number of hydrogen-bond donors (Lipinski definition) is 2. The molecule has 0 saturated carbocycles. The van der Waals surface area contributed by atoms with Crippen LogP contribution in [-0.2, 0) is 14.4 Å². The van der Waals surface area contributed by atoms with E-state index >= 15 is 0 Å². The van der Waals surface area contributed by atoms with Crippen molar-refractivity contribution in [3.05, 3.63) is 0 Å². The van der Waals surface area contributed by atoms with Crippen LogP contribution in [0.2, 0.25) is 0 Å². The highest BCUT2D eigenvalue weighted by molar-refractivity contribution is 5.92. The predicted molar refractivity (Wildman–Crippen MR) is 84.5 cm³/mol. The number of aliphatic carboxylic acids is 1. The Labute approximate surface area is 136 Å². The smallest absolute Gasteiger partial charge is 0.326 e. The van der Waals surface area contributed by atoms with E-state index in [0.717, 1.165) is 6.42 Å². The minimum atomic E-state index is -0.969. The number of carboxylic acids is 1. The highest BCUT2D eigenvalue weighted by Crippen LogP contribution is 2.25. The van der Waals surface area contributed by atoms with Gasteiger partial charge in [-0.15, -0.1) is 0 Å². The first-order chi connectivity index (χ1) is 10.8. The first-order valence-corrected chi connectivity index (χ1v) is 8.42. The molecule has 7 nitrogen and oxygen atoms in total. The van der Waals surface area contributed by atoms with Gasteiger partial charge in [-0.05, 0) is 38.0 Å². The molecule has 0 aliphatic carbocycles. The third-order valence-electron chi connectivity index (χ3n) is 4.68. The first-order valence-electron chi connectivity index (χ1n) is 8.42. The molecule has 2 rings (SSSR count). The van der Waals surface area contributed by atoms with Gasteiger partial charge >= 0.3 is 5.97 Å². The molecule has 0 spiro atoms. The van der Waals surface area contributed by atoms with Crippen LogP contribution < -0.4 is 5.73 Å². The number of likely N-dealkylation sites (tertiary alicyclic amines) is 2. The van der Waals surface area contributed by atoms with Crippen molar-refractivity contribution in [3.8, 4) is 0 Å². The summed E-state index contributed by atoms with van der Waals surface area (Å²) in [7, 11) is 0. The molecule has 7 heteroatoms. The van der Waals surface area contributed by atoms with E-state index in [9.17, 15) is 19.5 Å². The number of carbonyl (C=O) groups is 3. The van der Waals surface area contributed by atoms with Crippen LogP contribution in [-0.4, -0.2) is 63.9 Å². The van der Waals surface area contributed by atoms with Crippen molar-refractivity contribution in [2.75, 3.05) is 13.1 Å². The van der Waals surface area contributed by atoms with E-state index in [0.29, 0.717) is 44.7 Å². The largest absolute Gasteiger partial charge is 0.480 e. The van der Waals surface area contributed by atoms with Crippen LogP contribution in [0.25, 0.3) is 0 Å². The minimum Gasteiger partial charge on any atom is -0.480 e. The normalized spacial score (nSPS) is 25.9. The maximum absolute atomic E-state index is 12.8. The van der Waals surface area contributed by atoms with E-state index in [1.807, 2.05) is 13.8 Å². The molecule has 3 atom stereocenters. The van der Waals surface area contributed by atoms with Crippen LogP contribution in [0.3, 0.4) is 0 Å². The SMILES string of the molecule is CC(C)C[C@H](N)C(=O)N1CCC[C@H]1C(=O)N1CCC[C@@H]1C(=O)O. The van der Waals surface area contributed by atoms with Crippen molar-refractivity contribution in [2.24, 2.45) is 11.7 Å². The summed E-state index contributed by atoms with van der Waals surface area (Å²) in [6, 6.07) is -1.91. The summed E-state index contributed by atoms with van der Waals surface area (Å²) in [6.45, 7) is 4.97. The Morgan fingerprint density at radius 1 is 1.09 bits per heavy atom. The molecule has 0 unspecified atom stereocenters. The fourth-order valence-corrected chi connectivity index (χ4v) is 3.59. The van der Waals surface area contributed by atoms with Gasteiger partial charge in [0.15, 0.2) is 0 Å². The number of nitrogens with zero attached hydrogens (tertiary/aromatic N) is 2. The third kappa shape index (κ3) is 3.83. The van der Waals surface area contributed by atoms with Gasteiger partial charge in [-0.3, -0.25) is 9.59 Å². The molecule has 2 saturated heterocycles. The summed E-state index contributed by atoms with van der Waals surface area (Å²) in [6.07, 6.45) is 3.09. The van der Waals surface area contributed by atoms with E-state index in [4.69, 9.17) is 5.73 Å². The summed E-state index contributed by atoms with van der Waals surface area (Å²) < 4.78 is 0. The zero-order valence-electron chi connectivity index (χ0n) is 13.9. The Morgan fingerprint density at radius 2 is 1.65 bits per heavy atom. The molecule has 23 heavy (non-hydrogen) atoms. The molecular formula is C16H27N3O4. The van der Waals surface area contributed by atoms with Crippen molar-refractivity contribution in [1.29, 1.82) is 0 Å². The highest BCUT2D eigenvalue weighted by Gasteiger charge is 2.42. The average molecular weight is 325 g/mol. The van der Waals surface area contributed by atoms with Crippen molar-refractivity contribution in [2.45, 2.75) is 64.1 Å². The lowest BCUT2D eigenvalue weighted by atomic mass is 10.0. The Hall–Kier alpha value is -1.63. The number of carbonyl (C=O) groups excluding carboxylic acids is 2. The fourth-order valence-electron chi connectivity index (χ4n) is 3.59. The fraction of sp³-hybridized carbons (Fsp3) is 0.812. The van der Waals surface area contributed by atoms with E-state index in [1.165, 1.54) is 4.90 Å². The molecule has 2 aliphatic heterocycles. The topological polar surface area (TPSA) is 104 Å². The number of rotatable bonds is 5. The summed E-state index contributed by atoms with van der Waals surface area (Å²) in [5.74, 6) is -1.10. The minimum absolute atomic E-state index is 0.194. The number of carboxylic acid groups (broad SMARTS) is 1. The first kappa shape index (κ1) is 17.7. The zero-order valence-corrected chi connectivity index (χ0v) is 13.9. The van der Waals surface area contributed by atoms with Gasteiger partial charge in [0, 0.05) is 13.1 Å². The van der Waals surface area contributed by atoms with Crippen molar-refractivity contribution >= 4 is 17.8 Å². The molecule has 2 amide bonds. The molecule has 0 bridgehead atoms. The molecule has 3 N–H and O–H groups in total. The maximum Gasteiger partial charge on any atom is 0.326 e. The second-order valence-corrected chi connectivity index (χ2v) is 6.95. The van der Waals surface area contributed by atoms with E-state index in [2.05, 4.69) is 0 Å². The predicted octanol–water partition coefficient (Wildman–Crippen LogP) is 0.426. The van der Waals surface area contributed by atoms with Crippen molar-refractivity contribution < 1.29 is 19.5 Å². The molecule has 0 aromatic rings. The molecule has 2 heterocycles. The van der Waals surface area contributed by atoms with E-state index < -0.39 is 24.1 Å². The lowest BCUT2D eigenvalue weighted by molar-refractivity contribution is -0.152. The van der Waals surface area contributed by atoms with Gasteiger partial charge in [0.1, 0.15) is 12.1 Å². The van der Waals surface area contributed by atoms with Crippen LogP contribution in [0.5, 0.6) is 0 Å². The standard InChI is InChI=1S/C16H27N3O4/c1-10(2)9-11(17)14(20)18-7-3-5-12(18)15(21)19-8-4-6-13(19)16(22)23/h10-13H,3-9,17H2,1-2H3,(H,22,23)/t11-,12-,13+/m0/s1. The molecule has 0 radical (unpaired) electrons. The average Bonchev–Trinajstić information content (AvgIpc) is 3.13. The molecule has 130 valence electrons. The third-order valence-corrected chi connectivity index (χ3v) is 4.68. The molecule has 0 aromatic heterocycles. The number of hydrogen-bond acceptors (Lipinski definition) is 4. The quantitative estimate of drug-likeness (QED) is 0.762. The van der Waals surface area contributed by atoms with E-state index in [-0.39, 0.29) is 11.8 Å². The molecule has 2 aliphatic rings. The Morgan fingerprint density at radius 3 is 2.22 bits per heavy atom. The van der Waals surface area contributed by atoms with Gasteiger partial charge in [-0.25, -0.2) is 4.79 Å². The molecular weight excluding hydrogens is 298 g/mol. The van der Waals surface area contributed by atoms with Gasteiger partial charge in [0.05, 0.1) is 6.04 Å². The van der Waals surface area contributed by atoms with Crippen molar-refractivity contribution in [1.82, 2.24) is 9.80 Å². The Balaban J connectivity index is 2.07. The van der Waals surface area contributed by atoms with E-state index in [1.54, 1.807) is 4.90 Å². The van der Waals surface area contributed by atoms with Crippen molar-refractivity contribution in [3.63, 3.8) is 0 Å². The summed E-state index contributed by atoms with van der Waals surface area (Å²) >= 11 is 0. The second-order valence-electron chi connectivity index (χ2n) is 6.95. The summed E-state index contributed by atoms with van der Waals surface area (Å²) in [5.41, 5.74) is 5.98. The van der Waals surface area contributed by atoms with Crippen LogP contribution in [0.1, 0.15) is 46.0 Å². The zero-order chi connectivity index (χ0) is 17.1. The van der Waals surface area contributed by atoms with Gasteiger partial charge in [-0.2, -0.15) is 0 Å². The van der Waals surface area contributed by atoms with Crippen LogP contribution in [0.4, 0.5) is 0 Å². The second kappa shape index (κ2) is 7.29. The number of nitrogens with two attached hydrogens (primary N) is 1. The Bertz CT molecular complexity index is 480. The van der Waals surface area contributed by atoms with Crippen LogP contribution in [0.15, 0.2) is 0 Å². The lowest BCUT2D eigenvalue weighted by Gasteiger charge is -2.31. The van der Waals surface area contributed by atoms with Gasteiger partial charge in [0.2, 0.25) is 11.8 Å². The Kier molecular flexibility index (Phi) is 5.62. The van der Waals surface area contributed by atoms with Crippen LogP contribution in [0, 0.1) is 5.92 Å². The lowest BCUT2D eigenvalue weighted by Crippen LogP contribution is -2.54. The van der Waals surface area contributed by atoms with Crippen LogP contribution >= 0.6 is 0 Å². The molecule has 0 aromatic carbocycles. The van der Waals surface area contributed by atoms with Gasteiger partial charge in [0.25, 0.3) is 0 Å².